The zero-order chi connectivity index (χ0) is 19.6. The summed E-state index contributed by atoms with van der Waals surface area (Å²) in [6.45, 7) is 5.36. The lowest BCUT2D eigenvalue weighted by molar-refractivity contribution is -0.134. The fourth-order valence-electron chi connectivity index (χ4n) is 3.62. The van der Waals surface area contributed by atoms with Crippen molar-refractivity contribution in [2.45, 2.75) is 32.7 Å². The first kappa shape index (κ1) is 19.2. The maximum atomic E-state index is 12.5. The van der Waals surface area contributed by atoms with Crippen LogP contribution in [-0.2, 0) is 9.59 Å². The Bertz CT molecular complexity index is 837. The normalized spacial score (nSPS) is 16.5. The Morgan fingerprint density at radius 1 is 1.37 bits per heavy atom. The quantitative estimate of drug-likeness (QED) is 0.808. The van der Waals surface area contributed by atoms with E-state index in [4.69, 9.17) is 14.9 Å². The van der Waals surface area contributed by atoms with Crippen molar-refractivity contribution in [3.63, 3.8) is 0 Å². The first-order chi connectivity index (χ1) is 12.9. The molecule has 2 amide bonds. The number of fused-ring (bicyclic) bond motifs is 1. The topological polar surface area (TPSA) is 97.8 Å². The Balaban J connectivity index is 1.60. The monoisotopic (exact) mass is 373 g/mol. The second-order valence-electron chi connectivity index (χ2n) is 7.11. The van der Waals surface area contributed by atoms with E-state index in [1.807, 2.05) is 32.0 Å². The van der Waals surface area contributed by atoms with Crippen molar-refractivity contribution in [2.75, 3.05) is 26.7 Å². The Morgan fingerprint density at radius 3 is 2.70 bits per heavy atom. The number of piperidine rings is 1. The lowest BCUT2D eigenvalue weighted by atomic mass is 9.96. The summed E-state index contributed by atoms with van der Waals surface area (Å²) in [6, 6.07) is 5.62. The van der Waals surface area contributed by atoms with Gasteiger partial charge in [0.15, 0.2) is 0 Å². The molecule has 0 aliphatic carbocycles. The number of furan rings is 1. The molecule has 1 aromatic heterocycles. The molecule has 1 saturated heterocycles. The van der Waals surface area contributed by atoms with E-state index >= 15 is 0 Å². The number of benzene rings is 1. The molecule has 3 rings (SSSR count). The highest BCUT2D eigenvalue weighted by molar-refractivity contribution is 5.84. The molecule has 1 atom stereocenters. The summed E-state index contributed by atoms with van der Waals surface area (Å²) < 4.78 is 11.3. The zero-order valence-electron chi connectivity index (χ0n) is 16.1. The van der Waals surface area contributed by atoms with Crippen LogP contribution in [0.1, 0.15) is 37.1 Å². The molecule has 0 radical (unpaired) electrons. The smallest absolute Gasteiger partial charge is 0.236 e. The minimum atomic E-state index is -0.272. The van der Waals surface area contributed by atoms with Crippen LogP contribution in [0, 0.1) is 12.8 Å². The molecule has 0 saturated carbocycles. The molecule has 7 heteroatoms. The fraction of sp³-hybridized carbons (Fsp3) is 0.500. The van der Waals surface area contributed by atoms with Crippen LogP contribution in [0.3, 0.4) is 0 Å². The Labute approximate surface area is 158 Å². The molecule has 2 aromatic rings. The van der Waals surface area contributed by atoms with E-state index in [9.17, 15) is 9.59 Å². The number of likely N-dealkylation sites (tertiary alicyclic amines) is 1. The first-order valence-corrected chi connectivity index (χ1v) is 9.28. The van der Waals surface area contributed by atoms with E-state index in [1.165, 1.54) is 0 Å². The average Bonchev–Trinajstić information content (AvgIpc) is 3.02. The largest absolute Gasteiger partial charge is 0.497 e. The third-order valence-electron chi connectivity index (χ3n) is 5.38. The van der Waals surface area contributed by atoms with E-state index in [-0.39, 0.29) is 30.3 Å². The third kappa shape index (κ3) is 4.08. The SMILES string of the molecule is COc1ccc2oc(C(C)NCC(=O)N3CCC(C(N)=O)CC3)c(C)c2c1. The molecule has 0 spiro atoms. The zero-order valence-corrected chi connectivity index (χ0v) is 16.1. The summed E-state index contributed by atoms with van der Waals surface area (Å²) in [5.41, 5.74) is 7.19. The summed E-state index contributed by atoms with van der Waals surface area (Å²) >= 11 is 0. The highest BCUT2D eigenvalue weighted by Gasteiger charge is 2.26. The van der Waals surface area contributed by atoms with Crippen molar-refractivity contribution in [1.82, 2.24) is 10.2 Å². The van der Waals surface area contributed by atoms with E-state index < -0.39 is 0 Å². The van der Waals surface area contributed by atoms with Gasteiger partial charge in [-0.15, -0.1) is 0 Å². The van der Waals surface area contributed by atoms with Gasteiger partial charge in [0.05, 0.1) is 19.7 Å². The lowest BCUT2D eigenvalue weighted by Gasteiger charge is -2.31. The van der Waals surface area contributed by atoms with Gasteiger partial charge in [-0.2, -0.15) is 0 Å². The molecule has 0 bridgehead atoms. The standard InChI is InChI=1S/C20H27N3O4/c1-12-16-10-15(26-3)4-5-17(16)27-19(12)13(2)22-11-18(24)23-8-6-14(7-9-23)20(21)25/h4-5,10,13-14,22H,6-9,11H2,1-3H3,(H2,21,25). The van der Waals surface area contributed by atoms with Crippen molar-refractivity contribution in [1.29, 1.82) is 0 Å². The molecule has 1 aliphatic rings. The number of carbonyl (C=O) groups is 2. The van der Waals surface area contributed by atoms with Gasteiger partial charge in [-0.25, -0.2) is 0 Å². The molecule has 2 heterocycles. The molecule has 1 aromatic carbocycles. The number of amides is 2. The van der Waals surface area contributed by atoms with Gasteiger partial charge in [-0.05, 0) is 44.9 Å². The number of ether oxygens (including phenoxy) is 1. The van der Waals surface area contributed by atoms with Crippen molar-refractivity contribution in [3.05, 3.63) is 29.5 Å². The second-order valence-corrected chi connectivity index (χ2v) is 7.11. The Kier molecular flexibility index (Phi) is 5.70. The minimum Gasteiger partial charge on any atom is -0.497 e. The maximum Gasteiger partial charge on any atom is 0.236 e. The van der Waals surface area contributed by atoms with Gasteiger partial charge in [0.25, 0.3) is 0 Å². The molecule has 146 valence electrons. The van der Waals surface area contributed by atoms with Gasteiger partial charge in [-0.3, -0.25) is 14.9 Å². The number of hydrogen-bond donors (Lipinski definition) is 2. The van der Waals surface area contributed by atoms with Gasteiger partial charge in [0.1, 0.15) is 17.1 Å². The number of nitrogens with zero attached hydrogens (tertiary/aromatic N) is 1. The summed E-state index contributed by atoms with van der Waals surface area (Å²) in [7, 11) is 1.64. The summed E-state index contributed by atoms with van der Waals surface area (Å²) in [4.78, 5) is 25.5. The van der Waals surface area contributed by atoms with Crippen molar-refractivity contribution >= 4 is 22.8 Å². The molecule has 1 fully saturated rings. The summed E-state index contributed by atoms with van der Waals surface area (Å²) in [5, 5.41) is 4.26. The summed E-state index contributed by atoms with van der Waals surface area (Å²) in [6.07, 6.45) is 1.28. The summed E-state index contributed by atoms with van der Waals surface area (Å²) in [5.74, 6) is 1.24. The van der Waals surface area contributed by atoms with Gasteiger partial charge >= 0.3 is 0 Å². The van der Waals surface area contributed by atoms with Gasteiger partial charge < -0.3 is 19.8 Å². The van der Waals surface area contributed by atoms with Crippen LogP contribution >= 0.6 is 0 Å². The maximum absolute atomic E-state index is 12.5. The molecule has 3 N–H and O–H groups in total. The van der Waals surface area contributed by atoms with Crippen LogP contribution in [0.15, 0.2) is 22.6 Å². The van der Waals surface area contributed by atoms with Gasteiger partial charge in [0, 0.05) is 30.0 Å². The van der Waals surface area contributed by atoms with Crippen LogP contribution in [-0.4, -0.2) is 43.5 Å². The Morgan fingerprint density at radius 2 is 2.07 bits per heavy atom. The van der Waals surface area contributed by atoms with E-state index in [1.54, 1.807) is 12.0 Å². The van der Waals surface area contributed by atoms with Crippen LogP contribution < -0.4 is 15.8 Å². The van der Waals surface area contributed by atoms with Crippen molar-refractivity contribution in [2.24, 2.45) is 11.7 Å². The number of carbonyl (C=O) groups excluding carboxylic acids is 2. The number of methoxy groups -OCH3 is 1. The molecular weight excluding hydrogens is 346 g/mol. The van der Waals surface area contributed by atoms with Crippen LogP contribution in [0.2, 0.25) is 0 Å². The first-order valence-electron chi connectivity index (χ1n) is 9.28. The number of aryl methyl sites for hydroxylation is 1. The van der Waals surface area contributed by atoms with Gasteiger partial charge in [0.2, 0.25) is 11.8 Å². The molecule has 7 nitrogen and oxygen atoms in total. The molecule has 1 unspecified atom stereocenters. The molecular formula is C20H27N3O4. The fourth-order valence-corrected chi connectivity index (χ4v) is 3.62. The van der Waals surface area contributed by atoms with E-state index in [2.05, 4.69) is 5.32 Å². The minimum absolute atomic E-state index is 0.0280. The molecule has 27 heavy (non-hydrogen) atoms. The van der Waals surface area contributed by atoms with E-state index in [0.717, 1.165) is 28.0 Å². The van der Waals surface area contributed by atoms with Crippen molar-refractivity contribution < 1.29 is 18.7 Å². The predicted octanol–water partition coefficient (Wildman–Crippen LogP) is 2.12. The lowest BCUT2D eigenvalue weighted by Crippen LogP contribution is -2.45. The third-order valence-corrected chi connectivity index (χ3v) is 5.38. The van der Waals surface area contributed by atoms with E-state index in [0.29, 0.717) is 25.9 Å². The highest BCUT2D eigenvalue weighted by atomic mass is 16.5. The number of nitrogens with two attached hydrogens (primary N) is 1. The number of primary amides is 1. The average molecular weight is 373 g/mol. The molecule has 1 aliphatic heterocycles. The predicted molar refractivity (Wildman–Crippen MR) is 102 cm³/mol. The number of hydrogen-bond acceptors (Lipinski definition) is 5. The number of nitrogens with one attached hydrogen (secondary N) is 1. The van der Waals surface area contributed by atoms with Gasteiger partial charge in [-0.1, -0.05) is 0 Å². The van der Waals surface area contributed by atoms with Crippen LogP contribution in [0.25, 0.3) is 11.0 Å². The van der Waals surface area contributed by atoms with Crippen molar-refractivity contribution in [3.8, 4) is 5.75 Å². The second kappa shape index (κ2) is 8.00. The van der Waals surface area contributed by atoms with Crippen LogP contribution in [0.4, 0.5) is 0 Å². The Hall–Kier alpha value is -2.54. The highest BCUT2D eigenvalue weighted by Crippen LogP contribution is 2.31. The van der Waals surface area contributed by atoms with Crippen LogP contribution in [0.5, 0.6) is 5.75 Å². The number of rotatable bonds is 6.